The number of halogens is 1. The van der Waals surface area contributed by atoms with Crippen molar-refractivity contribution in [2.24, 2.45) is 0 Å². The zero-order chi connectivity index (χ0) is 13.1. The van der Waals surface area contributed by atoms with Gasteiger partial charge in [-0.3, -0.25) is 4.98 Å². The number of anilines is 1. The summed E-state index contributed by atoms with van der Waals surface area (Å²) in [4.78, 5) is 4.63. The van der Waals surface area contributed by atoms with Gasteiger partial charge in [-0.1, -0.05) is 25.4 Å². The van der Waals surface area contributed by atoms with Gasteiger partial charge in [-0.15, -0.1) is 0 Å². The van der Waals surface area contributed by atoms with Crippen molar-refractivity contribution < 1.29 is 0 Å². The topological polar surface area (TPSA) is 24.9 Å². The lowest BCUT2D eigenvalue weighted by Crippen LogP contribution is -2.02. The van der Waals surface area contributed by atoms with Crippen LogP contribution in [0, 0.1) is 6.92 Å². The van der Waals surface area contributed by atoms with Crippen LogP contribution in [0.15, 0.2) is 18.2 Å². The molecule has 0 aliphatic heterocycles. The van der Waals surface area contributed by atoms with Crippen molar-refractivity contribution in [2.75, 3.05) is 11.9 Å². The molecule has 0 atom stereocenters. The van der Waals surface area contributed by atoms with Gasteiger partial charge in [0.15, 0.2) is 0 Å². The van der Waals surface area contributed by atoms with E-state index in [1.807, 2.05) is 6.07 Å². The summed E-state index contributed by atoms with van der Waals surface area (Å²) < 4.78 is 0. The predicted octanol–water partition coefficient (Wildman–Crippen LogP) is 4.58. The summed E-state index contributed by atoms with van der Waals surface area (Å²) >= 11 is 6.31. The number of aromatic nitrogens is 1. The van der Waals surface area contributed by atoms with Crippen molar-refractivity contribution in [1.29, 1.82) is 0 Å². The number of hydrogen-bond acceptors (Lipinski definition) is 2. The van der Waals surface area contributed by atoms with Crippen LogP contribution in [0.2, 0.25) is 5.02 Å². The predicted molar refractivity (Wildman–Crippen MR) is 79.6 cm³/mol. The molecular formula is C15H19ClN2. The summed E-state index contributed by atoms with van der Waals surface area (Å²) in [6.45, 7) is 7.30. The van der Waals surface area contributed by atoms with Crippen LogP contribution in [-0.4, -0.2) is 11.5 Å². The molecule has 1 aromatic heterocycles. The molecule has 0 radical (unpaired) electrons. The second-order valence-corrected chi connectivity index (χ2v) is 4.99. The van der Waals surface area contributed by atoms with Crippen molar-refractivity contribution in [3.05, 3.63) is 34.5 Å². The molecule has 0 aliphatic carbocycles. The summed E-state index contributed by atoms with van der Waals surface area (Å²) in [5, 5.41) is 5.32. The van der Waals surface area contributed by atoms with Crippen LogP contribution in [0.4, 0.5) is 5.69 Å². The van der Waals surface area contributed by atoms with E-state index >= 15 is 0 Å². The highest BCUT2D eigenvalue weighted by molar-refractivity contribution is 6.35. The Morgan fingerprint density at radius 1 is 1.22 bits per heavy atom. The van der Waals surface area contributed by atoms with E-state index in [1.54, 1.807) is 0 Å². The molecule has 2 rings (SSSR count). The minimum atomic E-state index is 0.736. The van der Waals surface area contributed by atoms with E-state index in [0.29, 0.717) is 0 Å². The van der Waals surface area contributed by atoms with Gasteiger partial charge >= 0.3 is 0 Å². The number of aryl methyl sites for hydroxylation is 2. The molecule has 2 aromatic rings. The van der Waals surface area contributed by atoms with Gasteiger partial charge in [0.2, 0.25) is 0 Å². The van der Waals surface area contributed by atoms with Gasteiger partial charge in [0.25, 0.3) is 0 Å². The van der Waals surface area contributed by atoms with E-state index in [1.165, 1.54) is 0 Å². The monoisotopic (exact) mass is 262 g/mol. The van der Waals surface area contributed by atoms with Gasteiger partial charge in [0, 0.05) is 23.3 Å². The van der Waals surface area contributed by atoms with Crippen LogP contribution >= 0.6 is 11.6 Å². The second kappa shape index (κ2) is 5.57. The van der Waals surface area contributed by atoms with E-state index in [2.05, 4.69) is 43.2 Å². The first-order valence-electron chi connectivity index (χ1n) is 6.49. The maximum atomic E-state index is 6.31. The minimum absolute atomic E-state index is 0.736. The Hall–Kier alpha value is -1.28. The average molecular weight is 263 g/mol. The molecule has 2 nitrogen and oxygen atoms in total. The molecule has 0 fully saturated rings. The van der Waals surface area contributed by atoms with Gasteiger partial charge in [0.1, 0.15) is 0 Å². The number of pyridine rings is 1. The molecule has 0 amide bonds. The number of nitrogens with one attached hydrogen (secondary N) is 1. The average Bonchev–Trinajstić information content (AvgIpc) is 2.36. The number of nitrogens with zero attached hydrogens (tertiary/aromatic N) is 1. The lowest BCUT2D eigenvalue weighted by atomic mass is 10.1. The van der Waals surface area contributed by atoms with Crippen molar-refractivity contribution in [3.63, 3.8) is 0 Å². The zero-order valence-corrected chi connectivity index (χ0v) is 11.9. The SMILES string of the molecule is CCCNc1cc(CC)nc2c(Cl)cc(C)cc12. The molecular weight excluding hydrogens is 244 g/mol. The molecule has 1 aromatic carbocycles. The molecule has 18 heavy (non-hydrogen) atoms. The number of hydrogen-bond donors (Lipinski definition) is 1. The number of benzene rings is 1. The third-order valence-corrected chi connectivity index (χ3v) is 3.28. The molecule has 96 valence electrons. The Morgan fingerprint density at radius 2 is 2.00 bits per heavy atom. The molecule has 1 heterocycles. The number of rotatable bonds is 4. The van der Waals surface area contributed by atoms with Crippen molar-refractivity contribution in [1.82, 2.24) is 4.98 Å². The van der Waals surface area contributed by atoms with Gasteiger partial charge in [-0.05, 0) is 43.5 Å². The zero-order valence-electron chi connectivity index (χ0n) is 11.2. The Bertz CT molecular complexity index is 564. The summed E-state index contributed by atoms with van der Waals surface area (Å²) in [5.41, 5.74) is 4.29. The van der Waals surface area contributed by atoms with Crippen molar-refractivity contribution in [3.8, 4) is 0 Å². The fourth-order valence-electron chi connectivity index (χ4n) is 2.06. The molecule has 0 aliphatic rings. The van der Waals surface area contributed by atoms with Gasteiger partial charge in [-0.2, -0.15) is 0 Å². The quantitative estimate of drug-likeness (QED) is 0.872. The van der Waals surface area contributed by atoms with E-state index in [0.717, 1.165) is 52.3 Å². The van der Waals surface area contributed by atoms with Crippen molar-refractivity contribution >= 4 is 28.2 Å². The van der Waals surface area contributed by atoms with Crippen LogP contribution in [0.25, 0.3) is 10.9 Å². The van der Waals surface area contributed by atoms with E-state index in [-0.39, 0.29) is 0 Å². The lowest BCUT2D eigenvalue weighted by molar-refractivity contribution is 0.977. The van der Waals surface area contributed by atoms with Gasteiger partial charge < -0.3 is 5.32 Å². The van der Waals surface area contributed by atoms with Gasteiger partial charge in [0.05, 0.1) is 10.5 Å². The molecule has 0 saturated carbocycles. The molecule has 0 spiro atoms. The highest BCUT2D eigenvalue weighted by Gasteiger charge is 2.08. The Balaban J connectivity index is 2.64. The summed E-state index contributed by atoms with van der Waals surface area (Å²) in [7, 11) is 0. The molecule has 0 unspecified atom stereocenters. The first-order valence-corrected chi connectivity index (χ1v) is 6.87. The van der Waals surface area contributed by atoms with Gasteiger partial charge in [-0.25, -0.2) is 0 Å². The van der Waals surface area contributed by atoms with Crippen LogP contribution in [0.3, 0.4) is 0 Å². The van der Waals surface area contributed by atoms with E-state index < -0.39 is 0 Å². The number of fused-ring (bicyclic) bond motifs is 1. The molecule has 3 heteroatoms. The van der Waals surface area contributed by atoms with E-state index in [9.17, 15) is 0 Å². The highest BCUT2D eigenvalue weighted by atomic mass is 35.5. The minimum Gasteiger partial charge on any atom is -0.384 e. The maximum absolute atomic E-state index is 6.31. The molecule has 1 N–H and O–H groups in total. The summed E-state index contributed by atoms with van der Waals surface area (Å²) in [6.07, 6.45) is 2.02. The molecule has 0 bridgehead atoms. The smallest absolute Gasteiger partial charge is 0.0912 e. The summed E-state index contributed by atoms with van der Waals surface area (Å²) in [6, 6.07) is 6.25. The normalized spacial score (nSPS) is 10.9. The van der Waals surface area contributed by atoms with Crippen LogP contribution in [0.5, 0.6) is 0 Å². The maximum Gasteiger partial charge on any atom is 0.0912 e. The van der Waals surface area contributed by atoms with Crippen LogP contribution < -0.4 is 5.32 Å². The Labute approximate surface area is 113 Å². The van der Waals surface area contributed by atoms with Crippen LogP contribution in [0.1, 0.15) is 31.5 Å². The standard InChI is InChI=1S/C15H19ClN2/c1-4-6-17-14-9-11(5-2)18-15-12(14)7-10(3)8-13(15)16/h7-9H,4-6H2,1-3H3,(H,17,18). The Kier molecular flexibility index (Phi) is 4.07. The molecule has 0 saturated heterocycles. The second-order valence-electron chi connectivity index (χ2n) is 4.58. The first-order chi connectivity index (χ1) is 8.65. The Morgan fingerprint density at radius 3 is 2.67 bits per heavy atom. The first kappa shape index (κ1) is 13.2. The third-order valence-electron chi connectivity index (χ3n) is 2.99. The van der Waals surface area contributed by atoms with Crippen LogP contribution in [-0.2, 0) is 6.42 Å². The lowest BCUT2D eigenvalue weighted by Gasteiger charge is -2.12. The summed E-state index contributed by atoms with van der Waals surface area (Å²) in [5.74, 6) is 0. The largest absolute Gasteiger partial charge is 0.384 e. The highest BCUT2D eigenvalue weighted by Crippen LogP contribution is 2.30. The van der Waals surface area contributed by atoms with Crippen molar-refractivity contribution in [2.45, 2.75) is 33.6 Å². The fourth-order valence-corrected chi connectivity index (χ4v) is 2.38. The van der Waals surface area contributed by atoms with E-state index in [4.69, 9.17) is 11.6 Å². The third kappa shape index (κ3) is 2.59. The fraction of sp³-hybridized carbons (Fsp3) is 0.400.